The molecular weight excluding hydrogens is 278 g/mol. The van der Waals surface area contributed by atoms with Gasteiger partial charge in [0.25, 0.3) is 5.91 Å². The lowest BCUT2D eigenvalue weighted by Gasteiger charge is -2.14. The van der Waals surface area contributed by atoms with E-state index in [0.29, 0.717) is 5.56 Å². The summed E-state index contributed by atoms with van der Waals surface area (Å²) >= 11 is 0. The van der Waals surface area contributed by atoms with Crippen molar-refractivity contribution in [2.75, 3.05) is 6.54 Å². The lowest BCUT2D eigenvalue weighted by atomic mass is 10.1. The number of rotatable bonds is 5. The van der Waals surface area contributed by atoms with E-state index in [4.69, 9.17) is 0 Å². The van der Waals surface area contributed by atoms with Crippen LogP contribution in [0.3, 0.4) is 0 Å². The normalized spacial score (nSPS) is 11.5. The molecular formula is C17H19N3O2. The van der Waals surface area contributed by atoms with Crippen LogP contribution in [0.1, 0.15) is 34.5 Å². The Morgan fingerprint density at radius 2 is 1.82 bits per heavy atom. The van der Waals surface area contributed by atoms with Crippen LogP contribution in [0.15, 0.2) is 48.8 Å². The number of aryl methyl sites for hydroxylation is 1. The third-order valence-corrected chi connectivity index (χ3v) is 3.38. The molecule has 1 atom stereocenters. The van der Waals surface area contributed by atoms with E-state index in [1.54, 1.807) is 24.5 Å². The van der Waals surface area contributed by atoms with Gasteiger partial charge in [-0.15, -0.1) is 0 Å². The van der Waals surface area contributed by atoms with Crippen molar-refractivity contribution in [3.8, 4) is 0 Å². The average Bonchev–Trinajstić information content (AvgIpc) is 2.54. The van der Waals surface area contributed by atoms with Crippen LogP contribution in [0.4, 0.5) is 0 Å². The number of aromatic nitrogens is 1. The fraction of sp³-hybridized carbons (Fsp3) is 0.235. The van der Waals surface area contributed by atoms with Crippen molar-refractivity contribution in [3.05, 3.63) is 65.5 Å². The first-order valence-corrected chi connectivity index (χ1v) is 7.11. The molecule has 2 amide bonds. The predicted molar refractivity (Wildman–Crippen MR) is 84.3 cm³/mol. The molecule has 114 valence electrons. The van der Waals surface area contributed by atoms with E-state index >= 15 is 0 Å². The Morgan fingerprint density at radius 1 is 1.14 bits per heavy atom. The van der Waals surface area contributed by atoms with Crippen molar-refractivity contribution in [2.24, 2.45) is 0 Å². The molecule has 0 bridgehead atoms. The fourth-order valence-corrected chi connectivity index (χ4v) is 2.11. The van der Waals surface area contributed by atoms with Crippen molar-refractivity contribution in [1.29, 1.82) is 0 Å². The molecule has 1 aromatic carbocycles. The molecule has 2 N–H and O–H groups in total. The number of pyridine rings is 1. The zero-order chi connectivity index (χ0) is 15.9. The number of benzene rings is 1. The molecule has 0 aliphatic carbocycles. The Hall–Kier alpha value is -2.69. The van der Waals surface area contributed by atoms with Crippen molar-refractivity contribution >= 4 is 11.8 Å². The van der Waals surface area contributed by atoms with Gasteiger partial charge >= 0.3 is 0 Å². The van der Waals surface area contributed by atoms with Crippen LogP contribution in [0.2, 0.25) is 0 Å². The fourth-order valence-electron chi connectivity index (χ4n) is 2.11. The zero-order valence-corrected chi connectivity index (χ0v) is 12.7. The first-order valence-electron chi connectivity index (χ1n) is 7.11. The Labute approximate surface area is 129 Å². The summed E-state index contributed by atoms with van der Waals surface area (Å²) in [6.45, 7) is 3.69. The maximum atomic E-state index is 12.0. The molecule has 0 aliphatic rings. The molecule has 0 spiro atoms. The highest BCUT2D eigenvalue weighted by molar-refractivity contribution is 5.97. The molecule has 0 radical (unpaired) electrons. The van der Waals surface area contributed by atoms with E-state index in [1.807, 2.05) is 38.1 Å². The topological polar surface area (TPSA) is 71.1 Å². The number of nitrogens with one attached hydrogen (secondary N) is 2. The number of carbonyl (C=O) groups excluding carboxylic acids is 2. The largest absolute Gasteiger partial charge is 0.348 e. The van der Waals surface area contributed by atoms with Gasteiger partial charge in [-0.1, -0.05) is 18.2 Å². The summed E-state index contributed by atoms with van der Waals surface area (Å²) in [4.78, 5) is 27.9. The van der Waals surface area contributed by atoms with Crippen LogP contribution in [0, 0.1) is 6.92 Å². The molecule has 5 nitrogen and oxygen atoms in total. The molecule has 0 saturated carbocycles. The summed E-state index contributed by atoms with van der Waals surface area (Å²) in [5, 5.41) is 5.47. The molecule has 1 aromatic heterocycles. The molecule has 2 rings (SSSR count). The van der Waals surface area contributed by atoms with E-state index in [-0.39, 0.29) is 24.4 Å². The number of nitrogens with zero attached hydrogens (tertiary/aromatic N) is 1. The Bertz CT molecular complexity index is 656. The van der Waals surface area contributed by atoms with Crippen LogP contribution < -0.4 is 10.6 Å². The van der Waals surface area contributed by atoms with Crippen LogP contribution in [0.25, 0.3) is 0 Å². The lowest BCUT2D eigenvalue weighted by molar-refractivity contribution is -0.120. The van der Waals surface area contributed by atoms with E-state index in [9.17, 15) is 9.59 Å². The van der Waals surface area contributed by atoms with Gasteiger partial charge in [0.1, 0.15) is 0 Å². The number of hydrogen-bond donors (Lipinski definition) is 2. The Balaban J connectivity index is 1.85. The van der Waals surface area contributed by atoms with Gasteiger partial charge < -0.3 is 10.6 Å². The molecule has 1 unspecified atom stereocenters. The van der Waals surface area contributed by atoms with Gasteiger partial charge in [-0.25, -0.2) is 0 Å². The van der Waals surface area contributed by atoms with Gasteiger partial charge in [0, 0.05) is 18.0 Å². The molecule has 0 aliphatic heterocycles. The highest BCUT2D eigenvalue weighted by atomic mass is 16.2. The van der Waals surface area contributed by atoms with Gasteiger partial charge in [0.2, 0.25) is 5.91 Å². The third-order valence-electron chi connectivity index (χ3n) is 3.38. The highest BCUT2D eigenvalue weighted by Crippen LogP contribution is 2.09. The quantitative estimate of drug-likeness (QED) is 0.886. The minimum atomic E-state index is -0.246. The maximum absolute atomic E-state index is 12.0. The average molecular weight is 297 g/mol. The minimum Gasteiger partial charge on any atom is -0.348 e. The molecule has 1 heterocycles. The molecule has 0 saturated heterocycles. The second-order valence-electron chi connectivity index (χ2n) is 5.07. The SMILES string of the molecule is Cc1ccccc1C(=O)NCC(=O)NC(C)c1ccncc1. The first-order chi connectivity index (χ1) is 10.6. The van der Waals surface area contributed by atoms with Crippen LogP contribution in [-0.2, 0) is 4.79 Å². The molecule has 5 heteroatoms. The lowest BCUT2D eigenvalue weighted by Crippen LogP contribution is -2.38. The van der Waals surface area contributed by atoms with E-state index in [2.05, 4.69) is 15.6 Å². The maximum Gasteiger partial charge on any atom is 0.251 e. The second kappa shape index (κ2) is 7.36. The highest BCUT2D eigenvalue weighted by Gasteiger charge is 2.12. The summed E-state index contributed by atoms with van der Waals surface area (Å²) in [5.41, 5.74) is 2.43. The molecule has 2 aromatic rings. The first kappa shape index (κ1) is 15.7. The van der Waals surface area contributed by atoms with Crippen LogP contribution in [0.5, 0.6) is 0 Å². The van der Waals surface area contributed by atoms with Gasteiger partial charge in [0.15, 0.2) is 0 Å². The molecule has 0 fully saturated rings. The van der Waals surface area contributed by atoms with Crippen molar-refractivity contribution in [3.63, 3.8) is 0 Å². The van der Waals surface area contributed by atoms with Gasteiger partial charge in [-0.05, 0) is 43.2 Å². The summed E-state index contributed by atoms with van der Waals surface area (Å²) in [5.74, 6) is -0.476. The third kappa shape index (κ3) is 4.15. The number of amides is 2. The summed E-state index contributed by atoms with van der Waals surface area (Å²) in [6, 6.07) is 10.8. The Morgan fingerprint density at radius 3 is 2.50 bits per heavy atom. The van der Waals surface area contributed by atoms with E-state index < -0.39 is 0 Å². The van der Waals surface area contributed by atoms with Crippen molar-refractivity contribution in [1.82, 2.24) is 15.6 Å². The summed E-state index contributed by atoms with van der Waals surface area (Å²) < 4.78 is 0. The second-order valence-corrected chi connectivity index (χ2v) is 5.07. The summed E-state index contributed by atoms with van der Waals surface area (Å²) in [7, 11) is 0. The van der Waals surface area contributed by atoms with Gasteiger partial charge in [0.05, 0.1) is 12.6 Å². The predicted octanol–water partition coefficient (Wildman–Crippen LogP) is 2.00. The van der Waals surface area contributed by atoms with Gasteiger partial charge in [-0.3, -0.25) is 14.6 Å². The standard InChI is InChI=1S/C17H19N3O2/c1-12-5-3-4-6-15(12)17(22)19-11-16(21)20-13(2)14-7-9-18-10-8-14/h3-10,13H,11H2,1-2H3,(H,19,22)(H,20,21). The monoisotopic (exact) mass is 297 g/mol. The minimum absolute atomic E-state index is 0.0530. The van der Waals surface area contributed by atoms with Crippen molar-refractivity contribution in [2.45, 2.75) is 19.9 Å². The smallest absolute Gasteiger partial charge is 0.251 e. The van der Waals surface area contributed by atoms with Crippen LogP contribution >= 0.6 is 0 Å². The number of hydrogen-bond acceptors (Lipinski definition) is 3. The van der Waals surface area contributed by atoms with Crippen LogP contribution in [-0.4, -0.2) is 23.3 Å². The summed E-state index contributed by atoms with van der Waals surface area (Å²) in [6.07, 6.45) is 3.36. The van der Waals surface area contributed by atoms with E-state index in [0.717, 1.165) is 11.1 Å². The Kier molecular flexibility index (Phi) is 5.25. The van der Waals surface area contributed by atoms with E-state index in [1.165, 1.54) is 0 Å². The zero-order valence-electron chi connectivity index (χ0n) is 12.7. The van der Waals surface area contributed by atoms with Crippen molar-refractivity contribution < 1.29 is 9.59 Å². The molecule has 22 heavy (non-hydrogen) atoms. The van der Waals surface area contributed by atoms with Gasteiger partial charge in [-0.2, -0.15) is 0 Å². The number of carbonyl (C=O) groups is 2.